The van der Waals surface area contributed by atoms with Crippen LogP contribution < -0.4 is 0 Å². The van der Waals surface area contributed by atoms with E-state index in [9.17, 15) is 19.7 Å². The van der Waals surface area contributed by atoms with Crippen molar-refractivity contribution in [1.82, 2.24) is 0 Å². The second kappa shape index (κ2) is 5.90. The Hall–Kier alpha value is -1.66. The van der Waals surface area contributed by atoms with Crippen molar-refractivity contribution < 1.29 is 24.0 Å². The number of rotatable bonds is 5. The fraction of sp³-hybridized carbons (Fsp3) is 0.714. The van der Waals surface area contributed by atoms with Gasteiger partial charge in [-0.1, -0.05) is 0 Å². The Morgan fingerprint density at radius 2 is 1.57 bits per heavy atom. The molecule has 0 aromatic rings. The van der Waals surface area contributed by atoms with E-state index < -0.39 is 36.1 Å². The molecule has 0 aromatic carbocycles. The normalized spacial score (nSPS) is 9.64. The number of hydrogen-bond donors (Lipinski definition) is 0. The van der Waals surface area contributed by atoms with Crippen LogP contribution >= 0.6 is 0 Å². The zero-order valence-electron chi connectivity index (χ0n) is 7.89. The quantitative estimate of drug-likeness (QED) is 0.349. The first-order valence-electron chi connectivity index (χ1n) is 3.83. The molecule has 0 amide bonds. The van der Waals surface area contributed by atoms with E-state index in [0.717, 1.165) is 13.8 Å². The molecule has 0 spiro atoms. The molecule has 0 atom stereocenters. The Labute approximate surface area is 80.1 Å². The van der Waals surface area contributed by atoms with Gasteiger partial charge in [0.05, 0.1) is 0 Å². The molecular formula is C7H11NO6. The number of nitro groups is 1. The lowest BCUT2D eigenvalue weighted by Gasteiger charge is -2.08. The lowest BCUT2D eigenvalue weighted by molar-refractivity contribution is -0.528. The second-order valence-electron chi connectivity index (χ2n) is 2.54. The molecule has 0 saturated carbocycles. The molecule has 0 unspecified atom stereocenters. The minimum Gasteiger partial charge on any atom is -0.458 e. The first-order valence-corrected chi connectivity index (χ1v) is 3.83. The van der Waals surface area contributed by atoms with Crippen LogP contribution in [-0.2, 0) is 19.1 Å². The summed E-state index contributed by atoms with van der Waals surface area (Å²) < 4.78 is 8.85. The molecule has 14 heavy (non-hydrogen) atoms. The van der Waals surface area contributed by atoms with E-state index in [2.05, 4.69) is 9.47 Å². The Morgan fingerprint density at radius 3 is 1.79 bits per heavy atom. The second-order valence-corrected chi connectivity index (χ2v) is 2.54. The SMILES string of the molecule is CC(=O)OCC(COC(C)=O)[N+](=O)[O-]. The number of esters is 2. The van der Waals surface area contributed by atoms with Crippen molar-refractivity contribution in [3.8, 4) is 0 Å². The van der Waals surface area contributed by atoms with Gasteiger partial charge < -0.3 is 9.47 Å². The Morgan fingerprint density at radius 1 is 1.21 bits per heavy atom. The third kappa shape index (κ3) is 5.92. The average Bonchev–Trinajstić information content (AvgIpc) is 2.02. The third-order valence-corrected chi connectivity index (χ3v) is 1.26. The molecular weight excluding hydrogens is 194 g/mol. The molecule has 0 fully saturated rings. The molecule has 0 bridgehead atoms. The van der Waals surface area contributed by atoms with Crippen LogP contribution in [0, 0.1) is 10.1 Å². The summed E-state index contributed by atoms with van der Waals surface area (Å²) in [5, 5.41) is 10.3. The van der Waals surface area contributed by atoms with Crippen molar-refractivity contribution in [3.05, 3.63) is 10.1 Å². The van der Waals surface area contributed by atoms with Gasteiger partial charge in [-0.2, -0.15) is 0 Å². The zero-order chi connectivity index (χ0) is 11.1. The van der Waals surface area contributed by atoms with Gasteiger partial charge in [0, 0.05) is 18.8 Å². The Balaban J connectivity index is 3.96. The van der Waals surface area contributed by atoms with Crippen LogP contribution in [0.5, 0.6) is 0 Å². The average molecular weight is 205 g/mol. The number of hydrogen-bond acceptors (Lipinski definition) is 6. The van der Waals surface area contributed by atoms with Crippen LogP contribution in [0.1, 0.15) is 13.8 Å². The number of carbonyl (C=O) groups excluding carboxylic acids is 2. The molecule has 0 aliphatic rings. The minimum atomic E-state index is -1.21. The van der Waals surface area contributed by atoms with E-state index >= 15 is 0 Å². The van der Waals surface area contributed by atoms with Gasteiger partial charge in [-0.05, 0) is 0 Å². The molecule has 0 rings (SSSR count). The van der Waals surface area contributed by atoms with Crippen LogP contribution in [-0.4, -0.2) is 36.1 Å². The molecule has 0 radical (unpaired) electrons. The van der Waals surface area contributed by atoms with Gasteiger partial charge >= 0.3 is 11.9 Å². The first kappa shape index (κ1) is 12.3. The van der Waals surface area contributed by atoms with Crippen molar-refractivity contribution in [1.29, 1.82) is 0 Å². The van der Waals surface area contributed by atoms with Crippen molar-refractivity contribution in [2.75, 3.05) is 13.2 Å². The maximum atomic E-state index is 10.4. The van der Waals surface area contributed by atoms with E-state index in [4.69, 9.17) is 0 Å². The predicted octanol–water partition coefficient (Wildman–Crippen LogP) is -0.242. The summed E-state index contributed by atoms with van der Waals surface area (Å²) in [6.45, 7) is 1.50. The van der Waals surface area contributed by atoms with E-state index in [-0.39, 0.29) is 0 Å². The summed E-state index contributed by atoms with van der Waals surface area (Å²) in [6, 6.07) is -1.21. The van der Waals surface area contributed by atoms with Crippen molar-refractivity contribution in [2.45, 2.75) is 19.9 Å². The lowest BCUT2D eigenvalue weighted by Crippen LogP contribution is -2.32. The largest absolute Gasteiger partial charge is 0.458 e. The lowest BCUT2D eigenvalue weighted by atomic mass is 10.3. The maximum absolute atomic E-state index is 10.4. The topological polar surface area (TPSA) is 95.7 Å². The zero-order valence-corrected chi connectivity index (χ0v) is 7.89. The molecule has 7 nitrogen and oxygen atoms in total. The van der Waals surface area contributed by atoms with Crippen LogP contribution in [0.2, 0.25) is 0 Å². The summed E-state index contributed by atoms with van der Waals surface area (Å²) in [5.74, 6) is -1.22. The monoisotopic (exact) mass is 205 g/mol. The standard InChI is InChI=1S/C7H11NO6/c1-5(9)13-3-7(8(11)12)4-14-6(2)10/h7H,3-4H2,1-2H3. The van der Waals surface area contributed by atoms with Crippen molar-refractivity contribution >= 4 is 11.9 Å². The van der Waals surface area contributed by atoms with Gasteiger partial charge in [0.2, 0.25) is 0 Å². The van der Waals surface area contributed by atoms with E-state index in [1.807, 2.05) is 0 Å². The molecule has 0 heterocycles. The van der Waals surface area contributed by atoms with Crippen LogP contribution in [0.4, 0.5) is 0 Å². The highest BCUT2D eigenvalue weighted by Gasteiger charge is 2.23. The van der Waals surface area contributed by atoms with Crippen LogP contribution in [0.3, 0.4) is 0 Å². The summed E-state index contributed by atoms with van der Waals surface area (Å²) in [6.07, 6.45) is 0. The van der Waals surface area contributed by atoms with Crippen LogP contribution in [0.25, 0.3) is 0 Å². The highest BCUT2D eigenvalue weighted by molar-refractivity contribution is 5.66. The fourth-order valence-corrected chi connectivity index (χ4v) is 0.597. The molecule has 0 N–H and O–H groups in total. The van der Waals surface area contributed by atoms with E-state index in [0.29, 0.717) is 0 Å². The van der Waals surface area contributed by atoms with Gasteiger partial charge in [-0.15, -0.1) is 0 Å². The number of carbonyl (C=O) groups is 2. The van der Waals surface area contributed by atoms with Gasteiger partial charge in [0.25, 0.3) is 6.04 Å². The minimum absolute atomic E-state index is 0.393. The van der Waals surface area contributed by atoms with Gasteiger partial charge in [0.1, 0.15) is 0 Å². The molecule has 7 heteroatoms. The summed E-state index contributed by atoms with van der Waals surface area (Å²) >= 11 is 0. The van der Waals surface area contributed by atoms with Gasteiger partial charge in [0.15, 0.2) is 13.2 Å². The molecule has 0 aromatic heterocycles. The van der Waals surface area contributed by atoms with Crippen molar-refractivity contribution in [3.63, 3.8) is 0 Å². The maximum Gasteiger partial charge on any atom is 0.302 e. The van der Waals surface area contributed by atoms with E-state index in [1.54, 1.807) is 0 Å². The predicted molar refractivity (Wildman–Crippen MR) is 44.0 cm³/mol. The molecule has 0 aliphatic heterocycles. The first-order chi connectivity index (χ1) is 6.43. The summed E-state index contributed by atoms with van der Waals surface area (Å²) in [4.78, 5) is 30.4. The van der Waals surface area contributed by atoms with E-state index in [1.165, 1.54) is 0 Å². The summed E-state index contributed by atoms with van der Waals surface area (Å²) in [7, 11) is 0. The molecule has 0 saturated heterocycles. The summed E-state index contributed by atoms with van der Waals surface area (Å²) in [5.41, 5.74) is 0. The number of ether oxygens (including phenoxy) is 2. The smallest absolute Gasteiger partial charge is 0.302 e. The van der Waals surface area contributed by atoms with Crippen molar-refractivity contribution in [2.24, 2.45) is 0 Å². The highest BCUT2D eigenvalue weighted by atomic mass is 16.6. The number of nitrogens with zero attached hydrogens (tertiary/aromatic N) is 1. The van der Waals surface area contributed by atoms with Gasteiger partial charge in [-0.3, -0.25) is 19.7 Å². The molecule has 80 valence electrons. The fourth-order valence-electron chi connectivity index (χ4n) is 0.597. The van der Waals surface area contributed by atoms with Gasteiger partial charge in [-0.25, -0.2) is 0 Å². The Kier molecular flexibility index (Phi) is 5.20. The Bertz CT molecular complexity index is 220. The van der Waals surface area contributed by atoms with Crippen LogP contribution in [0.15, 0.2) is 0 Å². The molecule has 0 aliphatic carbocycles. The highest BCUT2D eigenvalue weighted by Crippen LogP contribution is 1.94. The third-order valence-electron chi connectivity index (χ3n) is 1.26.